The van der Waals surface area contributed by atoms with Gasteiger partial charge in [0, 0.05) is 17.8 Å². The van der Waals surface area contributed by atoms with Crippen LogP contribution in [0.2, 0.25) is 0 Å². The number of nitrogens with zero attached hydrogens (tertiary/aromatic N) is 3. The predicted molar refractivity (Wildman–Crippen MR) is 108 cm³/mol. The first-order valence-electron chi connectivity index (χ1n) is 9.27. The highest BCUT2D eigenvalue weighted by molar-refractivity contribution is 5.60. The molecule has 0 radical (unpaired) electrons. The molecule has 3 heterocycles. The number of ether oxygens (including phenoxy) is 3. The molecule has 8 heteroatoms. The van der Waals surface area contributed by atoms with Crippen LogP contribution in [0.3, 0.4) is 0 Å². The number of methoxy groups -OCH3 is 1. The van der Waals surface area contributed by atoms with Gasteiger partial charge >= 0.3 is 0 Å². The van der Waals surface area contributed by atoms with Crippen molar-refractivity contribution in [1.82, 2.24) is 14.7 Å². The van der Waals surface area contributed by atoms with Crippen molar-refractivity contribution in [3.8, 4) is 40.1 Å². The average molecular weight is 403 g/mol. The van der Waals surface area contributed by atoms with Gasteiger partial charge in [0.15, 0.2) is 11.5 Å². The van der Waals surface area contributed by atoms with E-state index in [2.05, 4.69) is 10.1 Å². The summed E-state index contributed by atoms with van der Waals surface area (Å²) in [5.74, 6) is 2.92. The van der Waals surface area contributed by atoms with Crippen LogP contribution in [0.1, 0.15) is 5.56 Å². The van der Waals surface area contributed by atoms with E-state index in [0.29, 0.717) is 35.3 Å². The summed E-state index contributed by atoms with van der Waals surface area (Å²) in [5, 5.41) is 4.05. The fraction of sp³-hybridized carbons (Fsp3) is 0.136. The van der Waals surface area contributed by atoms with Gasteiger partial charge in [-0.2, -0.15) is 4.98 Å². The summed E-state index contributed by atoms with van der Waals surface area (Å²) in [4.78, 5) is 16.8. The third-order valence-electron chi connectivity index (χ3n) is 4.79. The van der Waals surface area contributed by atoms with Gasteiger partial charge in [0.1, 0.15) is 5.75 Å². The Morgan fingerprint density at radius 1 is 1.00 bits per heavy atom. The molecule has 0 N–H and O–H groups in total. The summed E-state index contributed by atoms with van der Waals surface area (Å²) in [6.45, 7) is 0.588. The van der Waals surface area contributed by atoms with Crippen LogP contribution < -0.4 is 19.8 Å². The Labute approximate surface area is 171 Å². The number of hydrogen-bond donors (Lipinski definition) is 0. The van der Waals surface area contributed by atoms with Crippen LogP contribution in [-0.2, 0) is 6.54 Å². The first kappa shape index (κ1) is 18.0. The zero-order valence-electron chi connectivity index (χ0n) is 16.1. The largest absolute Gasteiger partial charge is 0.497 e. The number of aromatic nitrogens is 3. The summed E-state index contributed by atoms with van der Waals surface area (Å²) in [6.07, 6.45) is 1.71. The molecule has 0 unspecified atom stereocenters. The van der Waals surface area contributed by atoms with E-state index >= 15 is 0 Å². The predicted octanol–water partition coefficient (Wildman–Crippen LogP) is 3.35. The highest BCUT2D eigenvalue weighted by Gasteiger charge is 2.15. The van der Waals surface area contributed by atoms with Crippen molar-refractivity contribution in [2.24, 2.45) is 0 Å². The molecule has 2 aromatic carbocycles. The molecule has 2 aromatic heterocycles. The van der Waals surface area contributed by atoms with Crippen molar-refractivity contribution in [2.45, 2.75) is 6.54 Å². The lowest BCUT2D eigenvalue weighted by Crippen LogP contribution is -2.19. The SMILES string of the molecule is COc1ccc(-c2noc(-c3ccc(=O)n(Cc4ccc5c(c4)OCO5)c3)n2)cc1. The van der Waals surface area contributed by atoms with Gasteiger partial charge in [0.2, 0.25) is 12.6 Å². The second-order valence-corrected chi connectivity index (χ2v) is 6.72. The van der Waals surface area contributed by atoms with Crippen molar-refractivity contribution < 1.29 is 18.7 Å². The Hall–Kier alpha value is -4.07. The molecule has 30 heavy (non-hydrogen) atoms. The van der Waals surface area contributed by atoms with Crippen LogP contribution in [0, 0.1) is 0 Å². The molecule has 1 aliphatic rings. The Kier molecular flexibility index (Phi) is 4.44. The summed E-state index contributed by atoms with van der Waals surface area (Å²) in [5.41, 5.74) is 2.25. The first-order chi connectivity index (χ1) is 14.7. The minimum Gasteiger partial charge on any atom is -0.497 e. The van der Waals surface area contributed by atoms with E-state index in [1.807, 2.05) is 42.5 Å². The second kappa shape index (κ2) is 7.40. The molecule has 4 aromatic rings. The monoisotopic (exact) mass is 403 g/mol. The van der Waals surface area contributed by atoms with Gasteiger partial charge in [-0.05, 0) is 48.0 Å². The van der Waals surface area contributed by atoms with Crippen LogP contribution in [-0.4, -0.2) is 28.6 Å². The highest BCUT2D eigenvalue weighted by Crippen LogP contribution is 2.32. The maximum absolute atomic E-state index is 12.4. The third-order valence-corrected chi connectivity index (χ3v) is 4.79. The van der Waals surface area contributed by atoms with Crippen molar-refractivity contribution in [3.05, 3.63) is 76.7 Å². The van der Waals surface area contributed by atoms with Gasteiger partial charge in [-0.3, -0.25) is 4.79 Å². The molecule has 0 spiro atoms. The molecule has 0 atom stereocenters. The van der Waals surface area contributed by atoms with Crippen LogP contribution in [0.4, 0.5) is 0 Å². The van der Waals surface area contributed by atoms with E-state index < -0.39 is 0 Å². The fourth-order valence-electron chi connectivity index (χ4n) is 3.22. The third kappa shape index (κ3) is 3.39. The lowest BCUT2D eigenvalue weighted by Gasteiger charge is -2.07. The normalized spacial score (nSPS) is 12.2. The van der Waals surface area contributed by atoms with E-state index in [1.165, 1.54) is 6.07 Å². The Balaban J connectivity index is 1.42. The minimum atomic E-state index is -0.133. The van der Waals surface area contributed by atoms with Gasteiger partial charge in [-0.25, -0.2) is 0 Å². The fourth-order valence-corrected chi connectivity index (χ4v) is 3.22. The average Bonchev–Trinajstić information content (AvgIpc) is 3.45. The van der Waals surface area contributed by atoms with Crippen molar-refractivity contribution in [3.63, 3.8) is 0 Å². The molecule has 8 nitrogen and oxygen atoms in total. The van der Waals surface area contributed by atoms with Gasteiger partial charge in [-0.15, -0.1) is 0 Å². The quantitative estimate of drug-likeness (QED) is 0.505. The topological polar surface area (TPSA) is 88.6 Å². The smallest absolute Gasteiger partial charge is 0.259 e. The van der Waals surface area contributed by atoms with Gasteiger partial charge in [0.25, 0.3) is 11.4 Å². The number of pyridine rings is 1. The molecular formula is C22H17N3O5. The molecule has 0 saturated heterocycles. The number of benzene rings is 2. The zero-order chi connectivity index (χ0) is 20.5. The Morgan fingerprint density at radius 3 is 2.63 bits per heavy atom. The second-order valence-electron chi connectivity index (χ2n) is 6.72. The van der Waals surface area contributed by atoms with E-state index in [9.17, 15) is 4.79 Å². The summed E-state index contributed by atoms with van der Waals surface area (Å²) in [6, 6.07) is 16.1. The standard InChI is InChI=1S/C22H17N3O5/c1-27-17-6-3-15(4-7-17)21-23-22(30-24-21)16-5-9-20(26)25(12-16)11-14-2-8-18-19(10-14)29-13-28-18/h2-10,12H,11,13H2,1H3. The highest BCUT2D eigenvalue weighted by atomic mass is 16.7. The van der Waals surface area contributed by atoms with Crippen LogP contribution in [0.15, 0.2) is 70.1 Å². The molecule has 0 aliphatic carbocycles. The van der Waals surface area contributed by atoms with Crippen molar-refractivity contribution in [1.29, 1.82) is 0 Å². The Morgan fingerprint density at radius 2 is 1.80 bits per heavy atom. The minimum absolute atomic E-state index is 0.133. The molecular weight excluding hydrogens is 386 g/mol. The molecule has 0 amide bonds. The van der Waals surface area contributed by atoms with E-state index in [-0.39, 0.29) is 12.4 Å². The van der Waals surface area contributed by atoms with E-state index in [4.69, 9.17) is 18.7 Å². The van der Waals surface area contributed by atoms with Gasteiger partial charge < -0.3 is 23.3 Å². The van der Waals surface area contributed by atoms with Crippen LogP contribution in [0.5, 0.6) is 17.2 Å². The maximum Gasteiger partial charge on any atom is 0.259 e. The summed E-state index contributed by atoms with van der Waals surface area (Å²) >= 11 is 0. The van der Waals surface area contributed by atoms with Crippen LogP contribution in [0.25, 0.3) is 22.8 Å². The van der Waals surface area contributed by atoms with E-state index in [0.717, 1.165) is 16.9 Å². The maximum atomic E-state index is 12.4. The number of hydrogen-bond acceptors (Lipinski definition) is 7. The molecule has 0 fully saturated rings. The summed E-state index contributed by atoms with van der Waals surface area (Å²) < 4.78 is 22.9. The molecule has 0 bridgehead atoms. The summed E-state index contributed by atoms with van der Waals surface area (Å²) in [7, 11) is 1.61. The lowest BCUT2D eigenvalue weighted by atomic mass is 10.2. The van der Waals surface area contributed by atoms with Gasteiger partial charge in [0.05, 0.1) is 19.2 Å². The van der Waals surface area contributed by atoms with Crippen LogP contribution >= 0.6 is 0 Å². The molecule has 1 aliphatic heterocycles. The zero-order valence-corrected chi connectivity index (χ0v) is 16.1. The molecule has 0 saturated carbocycles. The van der Waals surface area contributed by atoms with E-state index in [1.54, 1.807) is 23.9 Å². The molecule has 150 valence electrons. The Bertz CT molecular complexity index is 1260. The van der Waals surface area contributed by atoms with Gasteiger partial charge in [-0.1, -0.05) is 11.2 Å². The van der Waals surface area contributed by atoms with Crippen molar-refractivity contribution in [2.75, 3.05) is 13.9 Å². The molecule has 5 rings (SSSR count). The number of fused-ring (bicyclic) bond motifs is 1. The lowest BCUT2D eigenvalue weighted by molar-refractivity contribution is 0.174. The van der Waals surface area contributed by atoms with Crippen molar-refractivity contribution >= 4 is 0 Å². The number of rotatable bonds is 5. The first-order valence-corrected chi connectivity index (χ1v) is 9.27.